The third kappa shape index (κ3) is 1.99. The molecule has 2 aliphatic rings. The molecule has 1 saturated heterocycles. The number of carbonyl (C=O) groups is 1. The van der Waals surface area contributed by atoms with Crippen LogP contribution in [0, 0.1) is 5.95 Å². The second kappa shape index (κ2) is 4.65. The first kappa shape index (κ1) is 11.6. The lowest BCUT2D eigenvalue weighted by molar-refractivity contribution is -0.0447. The van der Waals surface area contributed by atoms with Gasteiger partial charge < -0.3 is 9.64 Å². The second-order valence-corrected chi connectivity index (χ2v) is 4.75. The van der Waals surface area contributed by atoms with Gasteiger partial charge in [0.1, 0.15) is 5.69 Å². The van der Waals surface area contributed by atoms with Crippen molar-refractivity contribution in [1.82, 2.24) is 9.88 Å². The van der Waals surface area contributed by atoms with Crippen molar-refractivity contribution < 1.29 is 13.9 Å². The number of ether oxygens (including phenoxy) is 1. The van der Waals surface area contributed by atoms with Gasteiger partial charge in [-0.1, -0.05) is 6.07 Å². The number of rotatable bonds is 1. The maximum atomic E-state index is 13.1. The Labute approximate surface area is 105 Å². The fourth-order valence-electron chi connectivity index (χ4n) is 2.85. The molecule has 96 valence electrons. The van der Waals surface area contributed by atoms with E-state index in [9.17, 15) is 9.18 Å². The van der Waals surface area contributed by atoms with E-state index in [4.69, 9.17) is 4.74 Å². The van der Waals surface area contributed by atoms with Crippen LogP contribution in [0.2, 0.25) is 0 Å². The van der Waals surface area contributed by atoms with Gasteiger partial charge in [0.15, 0.2) is 0 Å². The number of pyridine rings is 1. The lowest BCUT2D eigenvalue weighted by Crippen LogP contribution is -2.51. The fourth-order valence-corrected chi connectivity index (χ4v) is 2.85. The molecule has 1 saturated carbocycles. The minimum atomic E-state index is -0.614. The van der Waals surface area contributed by atoms with Crippen LogP contribution in [0.15, 0.2) is 18.2 Å². The van der Waals surface area contributed by atoms with Crippen LogP contribution in [-0.4, -0.2) is 41.1 Å². The summed E-state index contributed by atoms with van der Waals surface area (Å²) in [6.45, 7) is 1.13. The third-order valence-corrected chi connectivity index (χ3v) is 3.68. The summed E-state index contributed by atoms with van der Waals surface area (Å²) in [6.07, 6.45) is 3.20. The van der Waals surface area contributed by atoms with E-state index in [2.05, 4.69) is 4.98 Å². The van der Waals surface area contributed by atoms with Crippen molar-refractivity contribution in [3.05, 3.63) is 29.8 Å². The molecule has 5 heteroatoms. The third-order valence-electron chi connectivity index (χ3n) is 3.68. The Morgan fingerprint density at radius 2 is 2.33 bits per heavy atom. The standard InChI is InChI=1S/C13H15FN2O2/c14-12-6-1-3-9(15-12)13(17)16-7-8-18-11-5-2-4-10(11)16/h1,3,6,10-11H,2,4-5,7-8H2. The Morgan fingerprint density at radius 3 is 3.17 bits per heavy atom. The minimum Gasteiger partial charge on any atom is -0.374 e. The summed E-state index contributed by atoms with van der Waals surface area (Å²) in [5, 5.41) is 0. The van der Waals surface area contributed by atoms with Crippen molar-refractivity contribution in [3.63, 3.8) is 0 Å². The van der Waals surface area contributed by atoms with Crippen molar-refractivity contribution in [1.29, 1.82) is 0 Å². The average molecular weight is 250 g/mol. The Kier molecular flexibility index (Phi) is 2.99. The highest BCUT2D eigenvalue weighted by atomic mass is 19.1. The van der Waals surface area contributed by atoms with Crippen LogP contribution in [0.3, 0.4) is 0 Å². The average Bonchev–Trinajstić information content (AvgIpc) is 2.86. The van der Waals surface area contributed by atoms with Gasteiger partial charge in [-0.15, -0.1) is 0 Å². The highest BCUT2D eigenvalue weighted by Crippen LogP contribution is 2.30. The van der Waals surface area contributed by atoms with E-state index in [0.717, 1.165) is 19.3 Å². The molecular weight excluding hydrogens is 235 g/mol. The quantitative estimate of drug-likeness (QED) is 0.711. The van der Waals surface area contributed by atoms with E-state index in [1.54, 1.807) is 11.0 Å². The van der Waals surface area contributed by atoms with Crippen LogP contribution in [-0.2, 0) is 4.74 Å². The van der Waals surface area contributed by atoms with Gasteiger partial charge in [0, 0.05) is 6.54 Å². The number of fused-ring (bicyclic) bond motifs is 1. The fraction of sp³-hybridized carbons (Fsp3) is 0.538. The molecule has 2 fully saturated rings. The van der Waals surface area contributed by atoms with Crippen LogP contribution in [0.4, 0.5) is 4.39 Å². The maximum Gasteiger partial charge on any atom is 0.272 e. The molecule has 4 nitrogen and oxygen atoms in total. The molecule has 3 rings (SSSR count). The number of nitrogens with zero attached hydrogens (tertiary/aromatic N) is 2. The molecular formula is C13H15FN2O2. The Bertz CT molecular complexity index is 466. The number of halogens is 1. The zero-order chi connectivity index (χ0) is 12.5. The van der Waals surface area contributed by atoms with Crippen LogP contribution in [0.25, 0.3) is 0 Å². The predicted molar refractivity (Wildman–Crippen MR) is 62.6 cm³/mol. The molecule has 0 spiro atoms. The number of hydrogen-bond donors (Lipinski definition) is 0. The van der Waals surface area contributed by atoms with Crippen LogP contribution in [0.1, 0.15) is 29.8 Å². The van der Waals surface area contributed by atoms with E-state index in [-0.39, 0.29) is 23.7 Å². The molecule has 1 aromatic heterocycles. The van der Waals surface area contributed by atoms with Crippen molar-refractivity contribution in [3.8, 4) is 0 Å². The van der Waals surface area contributed by atoms with Crippen LogP contribution in [0.5, 0.6) is 0 Å². The van der Waals surface area contributed by atoms with Gasteiger partial charge in [0.25, 0.3) is 5.91 Å². The molecule has 0 radical (unpaired) electrons. The van der Waals surface area contributed by atoms with E-state index in [1.165, 1.54) is 12.1 Å². The smallest absolute Gasteiger partial charge is 0.272 e. The molecule has 0 N–H and O–H groups in total. The molecule has 1 aliphatic carbocycles. The molecule has 2 atom stereocenters. The number of carbonyl (C=O) groups excluding carboxylic acids is 1. The monoisotopic (exact) mass is 250 g/mol. The molecule has 2 heterocycles. The lowest BCUT2D eigenvalue weighted by Gasteiger charge is -2.37. The highest BCUT2D eigenvalue weighted by molar-refractivity contribution is 5.92. The van der Waals surface area contributed by atoms with E-state index < -0.39 is 5.95 Å². The van der Waals surface area contributed by atoms with Crippen molar-refractivity contribution in [2.45, 2.75) is 31.4 Å². The Morgan fingerprint density at radius 1 is 1.44 bits per heavy atom. The Hall–Kier alpha value is -1.49. The minimum absolute atomic E-state index is 0.135. The van der Waals surface area contributed by atoms with Crippen molar-refractivity contribution in [2.75, 3.05) is 13.2 Å². The molecule has 0 aromatic carbocycles. The van der Waals surface area contributed by atoms with Gasteiger partial charge in [-0.2, -0.15) is 4.39 Å². The van der Waals surface area contributed by atoms with Gasteiger partial charge in [0.2, 0.25) is 5.95 Å². The normalized spacial score (nSPS) is 27.1. The zero-order valence-electron chi connectivity index (χ0n) is 10.0. The molecule has 1 amide bonds. The number of morpholine rings is 1. The summed E-state index contributed by atoms with van der Waals surface area (Å²) in [5.41, 5.74) is 0.183. The molecule has 0 bridgehead atoms. The first-order valence-corrected chi connectivity index (χ1v) is 6.31. The molecule has 18 heavy (non-hydrogen) atoms. The predicted octanol–water partition coefficient (Wildman–Crippen LogP) is 1.61. The van der Waals surface area contributed by atoms with Gasteiger partial charge in [-0.05, 0) is 31.4 Å². The lowest BCUT2D eigenvalue weighted by atomic mass is 10.1. The summed E-state index contributed by atoms with van der Waals surface area (Å²) in [4.78, 5) is 17.8. The summed E-state index contributed by atoms with van der Waals surface area (Å²) in [7, 11) is 0. The summed E-state index contributed by atoms with van der Waals surface area (Å²) in [6, 6.07) is 4.46. The first-order valence-electron chi connectivity index (χ1n) is 6.31. The van der Waals surface area contributed by atoms with Gasteiger partial charge >= 0.3 is 0 Å². The van der Waals surface area contributed by atoms with Crippen LogP contribution >= 0.6 is 0 Å². The molecule has 2 unspecified atom stereocenters. The number of aromatic nitrogens is 1. The number of hydrogen-bond acceptors (Lipinski definition) is 3. The maximum absolute atomic E-state index is 13.1. The summed E-state index contributed by atoms with van der Waals surface area (Å²) >= 11 is 0. The van der Waals surface area contributed by atoms with Gasteiger partial charge in [0.05, 0.1) is 18.8 Å². The SMILES string of the molecule is O=C(c1cccc(F)n1)N1CCOC2CCCC21. The largest absolute Gasteiger partial charge is 0.374 e. The van der Waals surface area contributed by atoms with Crippen molar-refractivity contribution >= 4 is 5.91 Å². The zero-order valence-corrected chi connectivity index (χ0v) is 10.0. The summed E-state index contributed by atoms with van der Waals surface area (Å²) in [5.74, 6) is -0.799. The van der Waals surface area contributed by atoms with Crippen LogP contribution < -0.4 is 0 Å². The first-order chi connectivity index (χ1) is 8.75. The second-order valence-electron chi connectivity index (χ2n) is 4.75. The summed E-state index contributed by atoms with van der Waals surface area (Å²) < 4.78 is 18.7. The van der Waals surface area contributed by atoms with Gasteiger partial charge in [-0.25, -0.2) is 4.98 Å². The number of amides is 1. The van der Waals surface area contributed by atoms with E-state index in [1.807, 2.05) is 0 Å². The van der Waals surface area contributed by atoms with Gasteiger partial charge in [-0.3, -0.25) is 4.79 Å². The Balaban J connectivity index is 1.83. The van der Waals surface area contributed by atoms with E-state index in [0.29, 0.717) is 13.2 Å². The topological polar surface area (TPSA) is 42.4 Å². The van der Waals surface area contributed by atoms with E-state index >= 15 is 0 Å². The molecule has 1 aromatic rings. The molecule has 1 aliphatic heterocycles. The highest BCUT2D eigenvalue weighted by Gasteiger charge is 2.38. The van der Waals surface area contributed by atoms with Crippen molar-refractivity contribution in [2.24, 2.45) is 0 Å².